The molecule has 0 aliphatic carbocycles. The summed E-state index contributed by atoms with van der Waals surface area (Å²) in [6, 6.07) is 19.2. The van der Waals surface area contributed by atoms with Crippen LogP contribution in [0.25, 0.3) is 0 Å². The number of carbonyl (C=O) groups is 2. The van der Waals surface area contributed by atoms with Crippen LogP contribution in [0.1, 0.15) is 17.5 Å². The SMILES string of the molecule is O=C(CC(=O)Nc1ccccc1Cl)NN=Cc1ccccc1OCc1ccc(Cl)c(Cl)c1. The third-order valence-electron chi connectivity index (χ3n) is 4.16. The number of anilines is 1. The Balaban J connectivity index is 1.53. The zero-order valence-corrected chi connectivity index (χ0v) is 18.9. The first-order valence-electron chi connectivity index (χ1n) is 9.44. The maximum absolute atomic E-state index is 12.0. The van der Waals surface area contributed by atoms with E-state index in [-0.39, 0.29) is 6.61 Å². The maximum Gasteiger partial charge on any atom is 0.249 e. The van der Waals surface area contributed by atoms with Gasteiger partial charge in [0.15, 0.2) is 0 Å². The van der Waals surface area contributed by atoms with Gasteiger partial charge in [-0.15, -0.1) is 0 Å². The summed E-state index contributed by atoms with van der Waals surface area (Å²) in [5.41, 5.74) is 4.26. The van der Waals surface area contributed by atoms with Crippen LogP contribution in [-0.2, 0) is 16.2 Å². The minimum Gasteiger partial charge on any atom is -0.488 e. The monoisotopic (exact) mass is 489 g/mol. The Labute approximate surface area is 200 Å². The van der Waals surface area contributed by atoms with Gasteiger partial charge in [0.25, 0.3) is 0 Å². The van der Waals surface area contributed by atoms with Crippen LogP contribution in [0.15, 0.2) is 71.8 Å². The van der Waals surface area contributed by atoms with Gasteiger partial charge in [-0.1, -0.05) is 65.1 Å². The van der Waals surface area contributed by atoms with Crippen molar-refractivity contribution in [1.82, 2.24) is 5.43 Å². The smallest absolute Gasteiger partial charge is 0.249 e. The highest BCUT2D eigenvalue weighted by atomic mass is 35.5. The number of carbonyl (C=O) groups excluding carboxylic acids is 2. The van der Waals surface area contributed by atoms with Gasteiger partial charge >= 0.3 is 0 Å². The Morgan fingerprint density at radius 1 is 0.875 bits per heavy atom. The number of nitrogens with zero attached hydrogens (tertiary/aromatic N) is 1. The predicted octanol–water partition coefficient (Wildman–Crippen LogP) is 5.70. The van der Waals surface area contributed by atoms with Crippen molar-refractivity contribution in [2.45, 2.75) is 13.0 Å². The van der Waals surface area contributed by atoms with Crippen molar-refractivity contribution < 1.29 is 14.3 Å². The van der Waals surface area contributed by atoms with Gasteiger partial charge in [0.2, 0.25) is 11.8 Å². The lowest BCUT2D eigenvalue weighted by molar-refractivity contribution is -0.126. The molecule has 2 amide bonds. The Bertz CT molecular complexity index is 1150. The van der Waals surface area contributed by atoms with Crippen LogP contribution in [0.3, 0.4) is 0 Å². The standard InChI is InChI=1S/C23H18Cl3N3O3/c24-17-10-9-15(11-19(17)26)14-32-21-8-4-1-5-16(21)13-27-29-23(31)12-22(30)28-20-7-3-2-6-18(20)25/h1-11,13H,12,14H2,(H,28,30)(H,29,31). The number of hydrogen-bond donors (Lipinski definition) is 2. The molecule has 0 radical (unpaired) electrons. The van der Waals surface area contributed by atoms with Crippen molar-refractivity contribution in [3.8, 4) is 5.75 Å². The van der Waals surface area contributed by atoms with Crippen LogP contribution in [0.5, 0.6) is 5.75 Å². The lowest BCUT2D eigenvalue weighted by Gasteiger charge is -2.09. The number of para-hydroxylation sites is 2. The van der Waals surface area contributed by atoms with E-state index in [0.717, 1.165) is 5.56 Å². The van der Waals surface area contributed by atoms with E-state index in [2.05, 4.69) is 15.8 Å². The average Bonchev–Trinajstić information content (AvgIpc) is 2.77. The molecule has 0 aromatic heterocycles. The fourth-order valence-corrected chi connectivity index (χ4v) is 3.13. The Kier molecular flexibility index (Phi) is 8.50. The number of amides is 2. The minimum absolute atomic E-state index is 0.274. The summed E-state index contributed by atoms with van der Waals surface area (Å²) < 4.78 is 5.84. The molecule has 9 heteroatoms. The molecule has 0 fully saturated rings. The number of hydrazone groups is 1. The highest BCUT2D eigenvalue weighted by molar-refractivity contribution is 6.42. The molecule has 6 nitrogen and oxygen atoms in total. The van der Waals surface area contributed by atoms with Crippen molar-refractivity contribution in [3.05, 3.63) is 92.9 Å². The highest BCUT2D eigenvalue weighted by Crippen LogP contribution is 2.24. The molecule has 32 heavy (non-hydrogen) atoms. The van der Waals surface area contributed by atoms with Crippen LogP contribution in [-0.4, -0.2) is 18.0 Å². The van der Waals surface area contributed by atoms with Gasteiger partial charge in [-0.2, -0.15) is 5.10 Å². The molecule has 3 aromatic rings. The van der Waals surface area contributed by atoms with Gasteiger partial charge in [0, 0.05) is 5.56 Å². The van der Waals surface area contributed by atoms with Crippen LogP contribution >= 0.6 is 34.8 Å². The molecule has 0 aliphatic rings. The third kappa shape index (κ3) is 6.99. The first-order valence-corrected chi connectivity index (χ1v) is 10.6. The van der Waals surface area contributed by atoms with E-state index in [1.165, 1.54) is 6.21 Å². The van der Waals surface area contributed by atoms with E-state index in [1.54, 1.807) is 48.5 Å². The maximum atomic E-state index is 12.0. The molecule has 0 saturated heterocycles. The van der Waals surface area contributed by atoms with Crippen molar-refractivity contribution in [2.75, 3.05) is 5.32 Å². The number of hydrogen-bond acceptors (Lipinski definition) is 4. The molecule has 164 valence electrons. The molecule has 0 spiro atoms. The summed E-state index contributed by atoms with van der Waals surface area (Å²) in [7, 11) is 0. The summed E-state index contributed by atoms with van der Waals surface area (Å²) in [5, 5.41) is 7.79. The van der Waals surface area contributed by atoms with Crippen LogP contribution in [0.4, 0.5) is 5.69 Å². The fourth-order valence-electron chi connectivity index (χ4n) is 2.63. The summed E-state index contributed by atoms with van der Waals surface area (Å²) in [6.45, 7) is 0.274. The summed E-state index contributed by atoms with van der Waals surface area (Å²) in [4.78, 5) is 24.0. The van der Waals surface area contributed by atoms with Crippen molar-refractivity contribution in [3.63, 3.8) is 0 Å². The van der Waals surface area contributed by atoms with E-state index in [0.29, 0.717) is 32.1 Å². The zero-order chi connectivity index (χ0) is 22.9. The van der Waals surface area contributed by atoms with Gasteiger partial charge in [-0.05, 0) is 42.0 Å². The number of nitrogens with one attached hydrogen (secondary N) is 2. The second-order valence-electron chi connectivity index (χ2n) is 6.57. The molecular formula is C23H18Cl3N3O3. The number of halogens is 3. The molecule has 0 heterocycles. The summed E-state index contributed by atoms with van der Waals surface area (Å²) in [5.74, 6) is -0.510. The Morgan fingerprint density at radius 3 is 2.41 bits per heavy atom. The highest BCUT2D eigenvalue weighted by Gasteiger charge is 2.10. The number of ether oxygens (including phenoxy) is 1. The Hall–Kier alpha value is -3.06. The Morgan fingerprint density at radius 2 is 1.62 bits per heavy atom. The van der Waals surface area contributed by atoms with E-state index < -0.39 is 18.2 Å². The summed E-state index contributed by atoms with van der Waals surface area (Å²) >= 11 is 17.9. The van der Waals surface area contributed by atoms with Gasteiger partial charge in [-0.25, -0.2) is 5.43 Å². The summed E-state index contributed by atoms with van der Waals surface area (Å²) in [6.07, 6.45) is 1.03. The zero-order valence-electron chi connectivity index (χ0n) is 16.6. The van der Waals surface area contributed by atoms with Crippen LogP contribution in [0.2, 0.25) is 15.1 Å². The van der Waals surface area contributed by atoms with E-state index in [1.807, 2.05) is 18.2 Å². The van der Waals surface area contributed by atoms with Crippen molar-refractivity contribution in [1.29, 1.82) is 0 Å². The van der Waals surface area contributed by atoms with E-state index >= 15 is 0 Å². The molecule has 0 bridgehead atoms. The van der Waals surface area contributed by atoms with E-state index in [9.17, 15) is 9.59 Å². The second-order valence-corrected chi connectivity index (χ2v) is 7.79. The van der Waals surface area contributed by atoms with Crippen molar-refractivity contribution in [2.24, 2.45) is 5.10 Å². The van der Waals surface area contributed by atoms with Gasteiger partial charge in [-0.3, -0.25) is 9.59 Å². The molecule has 0 aliphatic heterocycles. The van der Waals surface area contributed by atoms with Crippen LogP contribution in [0, 0.1) is 0 Å². The number of benzene rings is 3. The quantitative estimate of drug-likeness (QED) is 0.241. The first-order chi connectivity index (χ1) is 15.4. The molecule has 0 unspecified atom stereocenters. The van der Waals surface area contributed by atoms with E-state index in [4.69, 9.17) is 39.5 Å². The average molecular weight is 491 g/mol. The molecule has 3 aromatic carbocycles. The van der Waals surface area contributed by atoms with Gasteiger partial charge < -0.3 is 10.1 Å². The molecule has 0 atom stereocenters. The topological polar surface area (TPSA) is 79.8 Å². The van der Waals surface area contributed by atoms with Crippen molar-refractivity contribution >= 4 is 58.5 Å². The third-order valence-corrected chi connectivity index (χ3v) is 5.23. The molecule has 3 rings (SSSR count). The van der Waals surface area contributed by atoms with Gasteiger partial charge in [0.05, 0.1) is 27.0 Å². The van der Waals surface area contributed by atoms with Crippen LogP contribution < -0.4 is 15.5 Å². The second kappa shape index (κ2) is 11.5. The molecular weight excluding hydrogens is 473 g/mol. The molecule has 2 N–H and O–H groups in total. The lowest BCUT2D eigenvalue weighted by atomic mass is 10.2. The largest absolute Gasteiger partial charge is 0.488 e. The minimum atomic E-state index is -0.569. The molecule has 0 saturated carbocycles. The normalized spacial score (nSPS) is 10.7. The number of rotatable bonds is 8. The fraction of sp³-hybridized carbons (Fsp3) is 0.0870. The van der Waals surface area contributed by atoms with Gasteiger partial charge in [0.1, 0.15) is 18.8 Å². The lowest BCUT2D eigenvalue weighted by Crippen LogP contribution is -2.24. The predicted molar refractivity (Wildman–Crippen MR) is 128 cm³/mol. The first kappa shape index (κ1) is 23.6.